The van der Waals surface area contributed by atoms with Gasteiger partial charge in [-0.1, -0.05) is 72.8 Å². The van der Waals surface area contributed by atoms with Gasteiger partial charge in [0.1, 0.15) is 29.5 Å². The second kappa shape index (κ2) is 18.8. The molecule has 0 aliphatic rings. The van der Waals surface area contributed by atoms with E-state index in [-0.39, 0.29) is 25.4 Å². The summed E-state index contributed by atoms with van der Waals surface area (Å²) in [7, 11) is 0. The molecule has 51 heavy (non-hydrogen) atoms. The van der Waals surface area contributed by atoms with E-state index in [1.807, 2.05) is 73.0 Å². The van der Waals surface area contributed by atoms with Crippen molar-refractivity contribution in [1.29, 1.82) is 0 Å². The maximum atomic E-state index is 14.0. The quantitative estimate of drug-likeness (QED) is 0.101. The zero-order chi connectivity index (χ0) is 36.8. The Bertz CT molecular complexity index is 1760. The molecule has 0 fully saturated rings. The first-order valence-electron chi connectivity index (χ1n) is 16.7. The average molecular weight is 715 g/mol. The van der Waals surface area contributed by atoms with Crippen LogP contribution in [0.4, 0.5) is 10.5 Å². The first-order valence-corrected chi connectivity index (χ1v) is 18.1. The van der Waals surface area contributed by atoms with Crippen molar-refractivity contribution in [2.45, 2.75) is 63.9 Å². The molecule has 0 aliphatic heterocycles. The number of phenols is 1. The minimum absolute atomic E-state index is 0.0312. The van der Waals surface area contributed by atoms with E-state index in [0.29, 0.717) is 23.4 Å². The maximum absolute atomic E-state index is 14.0. The highest BCUT2D eigenvalue weighted by molar-refractivity contribution is 7.98. The van der Waals surface area contributed by atoms with Crippen molar-refractivity contribution >= 4 is 52.0 Å². The van der Waals surface area contributed by atoms with Crippen LogP contribution in [-0.4, -0.2) is 71.3 Å². The van der Waals surface area contributed by atoms with Gasteiger partial charge in [0.25, 0.3) is 0 Å². The number of aromatic hydroxyl groups is 1. The first-order chi connectivity index (χ1) is 24.4. The van der Waals surface area contributed by atoms with Crippen molar-refractivity contribution < 1.29 is 33.8 Å². The van der Waals surface area contributed by atoms with Crippen LogP contribution < -0.4 is 21.3 Å². The van der Waals surface area contributed by atoms with E-state index in [2.05, 4.69) is 21.3 Å². The second-order valence-electron chi connectivity index (χ2n) is 13.0. The predicted molar refractivity (Wildman–Crippen MR) is 201 cm³/mol. The zero-order valence-electron chi connectivity index (χ0n) is 29.3. The summed E-state index contributed by atoms with van der Waals surface area (Å²) in [5, 5.41) is 22.9. The van der Waals surface area contributed by atoms with Crippen LogP contribution in [0, 0.1) is 0 Å². The van der Waals surface area contributed by atoms with E-state index in [1.165, 1.54) is 23.9 Å². The molecule has 4 aromatic carbocycles. The van der Waals surface area contributed by atoms with Crippen LogP contribution in [0.5, 0.6) is 5.75 Å². The summed E-state index contributed by atoms with van der Waals surface area (Å²) in [6, 6.07) is 25.7. The molecule has 0 aromatic heterocycles. The molecular formula is C39H46N4O7S. The van der Waals surface area contributed by atoms with Crippen molar-refractivity contribution in [1.82, 2.24) is 16.0 Å². The Morgan fingerprint density at radius 2 is 1.37 bits per heavy atom. The number of thioether (sulfide) groups is 1. The fourth-order valence-electron chi connectivity index (χ4n) is 5.12. The monoisotopic (exact) mass is 714 g/mol. The van der Waals surface area contributed by atoms with E-state index in [0.717, 1.165) is 16.3 Å². The van der Waals surface area contributed by atoms with E-state index in [1.54, 1.807) is 39.0 Å². The molecule has 4 rings (SSSR count). The Morgan fingerprint density at radius 1 is 0.725 bits per heavy atom. The lowest BCUT2D eigenvalue weighted by atomic mass is 10.0. The molecule has 0 bridgehead atoms. The van der Waals surface area contributed by atoms with Gasteiger partial charge in [0.15, 0.2) is 0 Å². The summed E-state index contributed by atoms with van der Waals surface area (Å²) in [5.41, 5.74) is 1.28. The minimum Gasteiger partial charge on any atom is -0.508 e. The van der Waals surface area contributed by atoms with Crippen molar-refractivity contribution in [3.8, 4) is 5.75 Å². The molecule has 12 heteroatoms. The van der Waals surface area contributed by atoms with Gasteiger partial charge in [0.2, 0.25) is 17.7 Å². The topological polar surface area (TPSA) is 155 Å². The highest BCUT2D eigenvalue weighted by atomic mass is 32.2. The Kier molecular flexibility index (Phi) is 14.3. The molecule has 0 radical (unpaired) electrons. The van der Waals surface area contributed by atoms with Crippen molar-refractivity contribution in [3.63, 3.8) is 0 Å². The number of anilines is 1. The third-order valence-electron chi connectivity index (χ3n) is 7.67. The number of nitrogens with one attached hydrogen (secondary N) is 4. The van der Waals surface area contributed by atoms with Crippen LogP contribution >= 0.6 is 11.8 Å². The van der Waals surface area contributed by atoms with E-state index < -0.39 is 47.5 Å². The van der Waals surface area contributed by atoms with Crippen LogP contribution in [-0.2, 0) is 36.9 Å². The summed E-state index contributed by atoms with van der Waals surface area (Å²) >= 11 is 1.53. The number of phenolic OH excluding ortho intramolecular Hbond substituents is 1. The standard InChI is InChI=1S/C39H46N4O7S/c1-39(2,3)50-38(48)43-34(25-49-24-27-10-6-5-7-11-27)37(47)42-33(22-26-14-18-31(44)19-15-26)36(46)41-32(20-21-51-4)35(45)40-30-17-16-28-12-8-9-13-29(28)23-30/h5-19,23,32-34,44H,20-22,24-25H2,1-4H3,(H,40,45)(H,41,46)(H,42,47)(H,43,48)/t32-,33-,34+/m0/s1. The molecule has 0 aliphatic carbocycles. The van der Waals surface area contributed by atoms with Gasteiger partial charge in [-0.25, -0.2) is 4.79 Å². The highest BCUT2D eigenvalue weighted by Gasteiger charge is 2.31. The lowest BCUT2D eigenvalue weighted by Gasteiger charge is -2.26. The molecule has 0 saturated heterocycles. The number of hydrogen-bond acceptors (Lipinski definition) is 8. The number of ether oxygens (including phenoxy) is 2. The van der Waals surface area contributed by atoms with Gasteiger partial charge in [0, 0.05) is 12.1 Å². The Hall–Kier alpha value is -5.07. The molecule has 0 heterocycles. The molecular weight excluding hydrogens is 669 g/mol. The smallest absolute Gasteiger partial charge is 0.408 e. The lowest BCUT2D eigenvalue weighted by molar-refractivity contribution is -0.132. The fraction of sp³-hybridized carbons (Fsp3) is 0.333. The first kappa shape index (κ1) is 38.7. The van der Waals surface area contributed by atoms with Crippen LogP contribution in [0.3, 0.4) is 0 Å². The summed E-state index contributed by atoms with van der Waals surface area (Å²) in [6.45, 7) is 5.08. The number of benzene rings is 4. The number of carbonyl (C=O) groups is 4. The Morgan fingerprint density at radius 3 is 2.06 bits per heavy atom. The summed E-state index contributed by atoms with van der Waals surface area (Å²) < 4.78 is 11.2. The third kappa shape index (κ3) is 13.0. The largest absolute Gasteiger partial charge is 0.508 e. The van der Waals surface area contributed by atoms with E-state index >= 15 is 0 Å². The Labute approximate surface area is 302 Å². The Balaban J connectivity index is 1.53. The molecule has 4 aromatic rings. The van der Waals surface area contributed by atoms with Crippen molar-refractivity contribution in [2.75, 3.05) is 23.9 Å². The average Bonchev–Trinajstić information content (AvgIpc) is 3.09. The number of rotatable bonds is 16. The van der Waals surface area contributed by atoms with E-state index in [9.17, 15) is 24.3 Å². The van der Waals surface area contributed by atoms with Gasteiger partial charge in [-0.2, -0.15) is 11.8 Å². The van der Waals surface area contributed by atoms with Crippen LogP contribution in [0.2, 0.25) is 0 Å². The summed E-state index contributed by atoms with van der Waals surface area (Å²) in [4.78, 5) is 54.2. The van der Waals surface area contributed by atoms with Gasteiger partial charge in [0.05, 0.1) is 13.2 Å². The number of amides is 4. The summed E-state index contributed by atoms with van der Waals surface area (Å²) in [5.74, 6) is -1.05. The van der Waals surface area contributed by atoms with Crippen LogP contribution in [0.25, 0.3) is 10.8 Å². The SMILES string of the molecule is CSCC[C@H](NC(=O)[C@H](Cc1ccc(O)cc1)NC(=O)[C@@H](COCc1ccccc1)NC(=O)OC(C)(C)C)C(=O)Nc1ccc2ccccc2c1. The zero-order valence-corrected chi connectivity index (χ0v) is 30.1. The van der Waals surface area contributed by atoms with Gasteiger partial charge < -0.3 is 35.8 Å². The number of carbonyl (C=O) groups excluding carboxylic acids is 4. The number of alkyl carbamates (subject to hydrolysis) is 1. The van der Waals surface area contributed by atoms with Crippen LogP contribution in [0.1, 0.15) is 38.3 Å². The van der Waals surface area contributed by atoms with Crippen molar-refractivity contribution in [3.05, 3.63) is 108 Å². The molecule has 0 saturated carbocycles. The molecule has 5 N–H and O–H groups in total. The molecule has 270 valence electrons. The van der Waals surface area contributed by atoms with Crippen molar-refractivity contribution in [2.24, 2.45) is 0 Å². The molecule has 3 atom stereocenters. The summed E-state index contributed by atoms with van der Waals surface area (Å²) in [6.07, 6.45) is 1.45. The van der Waals surface area contributed by atoms with E-state index in [4.69, 9.17) is 9.47 Å². The molecule has 0 spiro atoms. The van der Waals surface area contributed by atoms with Gasteiger partial charge in [-0.05, 0) is 85.4 Å². The fourth-order valence-corrected chi connectivity index (χ4v) is 5.60. The van der Waals surface area contributed by atoms with Gasteiger partial charge >= 0.3 is 6.09 Å². The number of fused-ring (bicyclic) bond motifs is 1. The van der Waals surface area contributed by atoms with Gasteiger partial charge in [-0.3, -0.25) is 14.4 Å². The van der Waals surface area contributed by atoms with Gasteiger partial charge in [-0.15, -0.1) is 0 Å². The van der Waals surface area contributed by atoms with Crippen LogP contribution in [0.15, 0.2) is 97.1 Å². The normalized spacial score (nSPS) is 13.0. The number of hydrogen-bond donors (Lipinski definition) is 5. The third-order valence-corrected chi connectivity index (χ3v) is 8.32. The maximum Gasteiger partial charge on any atom is 0.408 e. The molecule has 11 nitrogen and oxygen atoms in total. The second-order valence-corrected chi connectivity index (χ2v) is 14.0. The highest BCUT2D eigenvalue weighted by Crippen LogP contribution is 2.20. The minimum atomic E-state index is -1.22. The predicted octanol–water partition coefficient (Wildman–Crippen LogP) is 5.56. The molecule has 4 amide bonds. The molecule has 0 unspecified atom stereocenters. The lowest BCUT2D eigenvalue weighted by Crippen LogP contribution is -2.58.